The van der Waals surface area contributed by atoms with Crippen molar-refractivity contribution in [2.24, 2.45) is 0 Å². The van der Waals surface area contributed by atoms with Crippen LogP contribution in [-0.4, -0.2) is 61.4 Å². The molecule has 1 aromatic heterocycles. The molecule has 4 rings (SSSR count). The van der Waals surface area contributed by atoms with Gasteiger partial charge in [-0.1, -0.05) is 22.9 Å². The fraction of sp³-hybridized carbons (Fsp3) is 0.364. The predicted molar refractivity (Wildman–Crippen MR) is 134 cm³/mol. The Morgan fingerprint density at radius 1 is 1.26 bits per heavy atom. The molecule has 5 nitrogen and oxygen atoms in total. The molecule has 1 aliphatic heterocycles. The van der Waals surface area contributed by atoms with Crippen LogP contribution in [0.3, 0.4) is 0 Å². The van der Waals surface area contributed by atoms with Gasteiger partial charge in [0.15, 0.2) is 5.13 Å². The number of carbonyl (C=O) groups excluding carboxylic acids is 1. The highest BCUT2D eigenvalue weighted by molar-refractivity contribution is 7.98. The van der Waals surface area contributed by atoms with Crippen molar-refractivity contribution in [2.75, 3.05) is 50.5 Å². The summed E-state index contributed by atoms with van der Waals surface area (Å²) >= 11 is 9.42. The first kappa shape index (κ1) is 24.3. The predicted octanol–water partition coefficient (Wildman–Crippen LogP) is 5.38. The van der Waals surface area contributed by atoms with E-state index in [0.717, 1.165) is 53.5 Å². The van der Waals surface area contributed by atoms with Crippen LogP contribution in [0, 0.1) is 6.92 Å². The average molecular weight is 499 g/mol. The molecule has 1 aliphatic rings. The highest BCUT2D eigenvalue weighted by atomic mass is 35.5. The molecule has 0 unspecified atom stereocenters. The second-order valence-electron chi connectivity index (χ2n) is 7.21. The lowest BCUT2D eigenvalue weighted by atomic mass is 10.2. The number of thioether (sulfide) groups is 1. The van der Waals surface area contributed by atoms with E-state index < -0.39 is 0 Å². The second kappa shape index (κ2) is 11.0. The van der Waals surface area contributed by atoms with Crippen LogP contribution < -0.4 is 4.90 Å². The zero-order valence-electron chi connectivity index (χ0n) is 17.5. The van der Waals surface area contributed by atoms with E-state index in [1.807, 2.05) is 54.5 Å². The largest absolute Gasteiger partial charge is 0.379 e. The number of aromatic nitrogens is 1. The van der Waals surface area contributed by atoms with E-state index in [0.29, 0.717) is 22.3 Å². The Labute approximate surface area is 202 Å². The maximum absolute atomic E-state index is 13.5. The van der Waals surface area contributed by atoms with Gasteiger partial charge in [-0.3, -0.25) is 14.6 Å². The van der Waals surface area contributed by atoms with Crippen molar-refractivity contribution >= 4 is 68.4 Å². The molecule has 0 radical (unpaired) electrons. The SMILES string of the molecule is CSc1ccc(C(=O)N(CCN2CCOCC2)c2nc3c(C)cc(Cl)cc3s2)cc1.Cl. The number of hydrogen-bond acceptors (Lipinski definition) is 6. The lowest BCUT2D eigenvalue weighted by Crippen LogP contribution is -2.43. The molecule has 1 saturated heterocycles. The van der Waals surface area contributed by atoms with Crippen LogP contribution in [0.25, 0.3) is 10.2 Å². The average Bonchev–Trinajstić information content (AvgIpc) is 3.18. The molecule has 1 fully saturated rings. The Morgan fingerprint density at radius 2 is 1.97 bits per heavy atom. The zero-order valence-corrected chi connectivity index (χ0v) is 20.7. The summed E-state index contributed by atoms with van der Waals surface area (Å²) in [6.07, 6.45) is 2.03. The molecular weight excluding hydrogens is 473 g/mol. The van der Waals surface area contributed by atoms with Crippen molar-refractivity contribution in [1.29, 1.82) is 0 Å². The number of ether oxygens (including phenoxy) is 1. The Kier molecular flexibility index (Phi) is 8.61. The number of aryl methyl sites for hydroxylation is 1. The summed E-state index contributed by atoms with van der Waals surface area (Å²) in [5, 5.41) is 1.40. The number of benzene rings is 2. The lowest BCUT2D eigenvalue weighted by molar-refractivity contribution is 0.0391. The van der Waals surface area contributed by atoms with Crippen LogP contribution in [-0.2, 0) is 4.74 Å². The van der Waals surface area contributed by atoms with Gasteiger partial charge < -0.3 is 4.74 Å². The van der Waals surface area contributed by atoms with Gasteiger partial charge in [0.25, 0.3) is 5.91 Å². The van der Waals surface area contributed by atoms with Crippen molar-refractivity contribution in [2.45, 2.75) is 11.8 Å². The van der Waals surface area contributed by atoms with Gasteiger partial charge in [0.05, 0.1) is 23.4 Å². The standard InChI is InChI=1S/C22H24ClN3O2S2.ClH/c1-15-13-17(23)14-19-20(15)24-22(30-19)26(8-7-25-9-11-28-12-10-25)21(27)16-3-5-18(29-2)6-4-16;/h3-6,13-14H,7-12H2,1-2H3;1H. The molecule has 0 atom stereocenters. The van der Waals surface area contributed by atoms with Crippen LogP contribution in [0.5, 0.6) is 0 Å². The summed E-state index contributed by atoms with van der Waals surface area (Å²) in [5.41, 5.74) is 2.59. The highest BCUT2D eigenvalue weighted by Gasteiger charge is 2.23. The highest BCUT2D eigenvalue weighted by Crippen LogP contribution is 2.33. The van der Waals surface area contributed by atoms with Gasteiger partial charge in [0.1, 0.15) is 0 Å². The quantitative estimate of drug-likeness (QED) is 0.427. The molecule has 31 heavy (non-hydrogen) atoms. The van der Waals surface area contributed by atoms with Crippen LogP contribution in [0.15, 0.2) is 41.3 Å². The summed E-state index contributed by atoms with van der Waals surface area (Å²) in [7, 11) is 0. The van der Waals surface area contributed by atoms with Gasteiger partial charge >= 0.3 is 0 Å². The van der Waals surface area contributed by atoms with Gasteiger partial charge in [0, 0.05) is 41.7 Å². The molecule has 166 valence electrons. The summed E-state index contributed by atoms with van der Waals surface area (Å²) in [6, 6.07) is 11.6. The summed E-state index contributed by atoms with van der Waals surface area (Å²) in [5.74, 6) is -0.0290. The Bertz CT molecular complexity index is 1040. The van der Waals surface area contributed by atoms with E-state index in [-0.39, 0.29) is 18.3 Å². The molecule has 9 heteroatoms. The zero-order chi connectivity index (χ0) is 21.1. The number of anilines is 1. The maximum Gasteiger partial charge on any atom is 0.260 e. The minimum atomic E-state index is -0.0290. The molecule has 2 aromatic carbocycles. The number of nitrogens with zero attached hydrogens (tertiary/aromatic N) is 3. The number of morpholine rings is 1. The van der Waals surface area contributed by atoms with E-state index in [1.54, 1.807) is 11.8 Å². The molecule has 0 aliphatic carbocycles. The molecule has 0 spiro atoms. The van der Waals surface area contributed by atoms with Crippen molar-refractivity contribution < 1.29 is 9.53 Å². The summed E-state index contributed by atoms with van der Waals surface area (Å²) < 4.78 is 6.44. The van der Waals surface area contributed by atoms with Gasteiger partial charge in [-0.05, 0) is 55.1 Å². The first-order chi connectivity index (χ1) is 14.5. The molecule has 2 heterocycles. The van der Waals surface area contributed by atoms with E-state index in [2.05, 4.69) is 4.90 Å². The number of amides is 1. The summed E-state index contributed by atoms with van der Waals surface area (Å²) in [4.78, 5) is 23.6. The van der Waals surface area contributed by atoms with Crippen molar-refractivity contribution in [3.63, 3.8) is 0 Å². The molecular formula is C22H25Cl2N3O2S2. The fourth-order valence-electron chi connectivity index (χ4n) is 3.50. The van der Waals surface area contributed by atoms with Gasteiger partial charge in [-0.2, -0.15) is 0 Å². The van der Waals surface area contributed by atoms with Gasteiger partial charge in [-0.25, -0.2) is 4.98 Å². The van der Waals surface area contributed by atoms with E-state index >= 15 is 0 Å². The summed E-state index contributed by atoms with van der Waals surface area (Å²) in [6.45, 7) is 6.62. The van der Waals surface area contributed by atoms with E-state index in [9.17, 15) is 4.79 Å². The minimum Gasteiger partial charge on any atom is -0.379 e. The fourth-order valence-corrected chi connectivity index (χ4v) is 5.35. The topological polar surface area (TPSA) is 45.7 Å². The normalized spacial score (nSPS) is 14.4. The Balaban J connectivity index is 0.00000272. The van der Waals surface area contributed by atoms with Crippen molar-refractivity contribution in [1.82, 2.24) is 9.88 Å². The van der Waals surface area contributed by atoms with Gasteiger partial charge in [0.2, 0.25) is 0 Å². The minimum absolute atomic E-state index is 0. The first-order valence-electron chi connectivity index (χ1n) is 9.88. The molecule has 0 N–H and O–H groups in total. The number of halogens is 2. The molecule has 1 amide bonds. The first-order valence-corrected chi connectivity index (χ1v) is 12.3. The van der Waals surface area contributed by atoms with Crippen LogP contribution >= 0.6 is 47.1 Å². The monoisotopic (exact) mass is 497 g/mol. The molecule has 3 aromatic rings. The molecule has 0 bridgehead atoms. The van der Waals surface area contributed by atoms with E-state index in [1.165, 1.54) is 11.3 Å². The maximum atomic E-state index is 13.5. The molecule has 0 saturated carbocycles. The number of rotatable bonds is 6. The van der Waals surface area contributed by atoms with Crippen molar-refractivity contribution in [3.8, 4) is 0 Å². The van der Waals surface area contributed by atoms with E-state index in [4.69, 9.17) is 21.3 Å². The number of hydrogen-bond donors (Lipinski definition) is 0. The number of thiazole rings is 1. The lowest BCUT2D eigenvalue weighted by Gasteiger charge is -2.29. The number of fused-ring (bicyclic) bond motifs is 1. The third kappa shape index (κ3) is 5.72. The van der Waals surface area contributed by atoms with Crippen molar-refractivity contribution in [3.05, 3.63) is 52.5 Å². The van der Waals surface area contributed by atoms with Crippen LogP contribution in [0.1, 0.15) is 15.9 Å². The van der Waals surface area contributed by atoms with Crippen LogP contribution in [0.4, 0.5) is 5.13 Å². The Morgan fingerprint density at radius 3 is 2.65 bits per heavy atom. The van der Waals surface area contributed by atoms with Gasteiger partial charge in [-0.15, -0.1) is 24.2 Å². The second-order valence-corrected chi connectivity index (χ2v) is 9.53. The third-order valence-corrected chi connectivity index (χ3v) is 7.18. The van der Waals surface area contributed by atoms with Crippen LogP contribution in [0.2, 0.25) is 5.02 Å². The smallest absolute Gasteiger partial charge is 0.260 e. The number of carbonyl (C=O) groups is 1. The Hall–Kier alpha value is -1.35. The third-order valence-electron chi connectivity index (χ3n) is 5.20.